The second kappa shape index (κ2) is 8.08. The Kier molecular flexibility index (Phi) is 5.88. The summed E-state index contributed by atoms with van der Waals surface area (Å²) in [5, 5.41) is 2.49. The molecule has 128 valence electrons. The Morgan fingerprint density at radius 1 is 1.08 bits per heavy atom. The molecule has 0 heterocycles. The van der Waals surface area contributed by atoms with Crippen LogP contribution in [0.2, 0.25) is 0 Å². The highest BCUT2D eigenvalue weighted by molar-refractivity contribution is 5.97. The number of nitrogens with one attached hydrogen (secondary N) is 1. The predicted molar refractivity (Wildman–Crippen MR) is 92.9 cm³/mol. The molecule has 0 saturated heterocycles. The van der Waals surface area contributed by atoms with Gasteiger partial charge < -0.3 is 16.8 Å². The van der Waals surface area contributed by atoms with Crippen LogP contribution in [0.1, 0.15) is 28.4 Å². The van der Waals surface area contributed by atoms with Crippen LogP contribution in [0.3, 0.4) is 0 Å². The summed E-state index contributed by atoms with van der Waals surface area (Å²) in [5.41, 5.74) is 12.1. The van der Waals surface area contributed by atoms with E-state index in [9.17, 15) is 14.0 Å². The molecule has 5 N–H and O–H groups in total. The van der Waals surface area contributed by atoms with Gasteiger partial charge in [0.05, 0.1) is 5.56 Å². The summed E-state index contributed by atoms with van der Waals surface area (Å²) in [6.07, 6.45) is 0. The number of halogens is 1. The minimum Gasteiger partial charge on any atom is -0.368 e. The number of amides is 2. The van der Waals surface area contributed by atoms with Crippen LogP contribution in [0.25, 0.3) is 0 Å². The third kappa shape index (κ3) is 4.90. The van der Waals surface area contributed by atoms with Gasteiger partial charge in [-0.05, 0) is 43.3 Å². The Hall–Kier alpha value is -3.17. The normalized spacial score (nSPS) is 12.4. The maximum absolute atomic E-state index is 13.5. The largest absolute Gasteiger partial charge is 0.368 e. The zero-order valence-electron chi connectivity index (χ0n) is 13.6. The van der Waals surface area contributed by atoms with Crippen LogP contribution in [0.4, 0.5) is 4.39 Å². The Labute approximate surface area is 145 Å². The smallest absolute Gasteiger partial charge is 0.251 e. The van der Waals surface area contributed by atoms with Crippen molar-refractivity contribution in [3.05, 3.63) is 71.0 Å². The molecule has 0 radical (unpaired) electrons. The molecule has 2 atom stereocenters. The van der Waals surface area contributed by atoms with Crippen LogP contribution < -0.4 is 16.8 Å². The molecule has 2 aromatic rings. The van der Waals surface area contributed by atoms with E-state index in [1.165, 1.54) is 6.07 Å². The highest BCUT2D eigenvalue weighted by atomic mass is 19.1. The van der Waals surface area contributed by atoms with Crippen LogP contribution in [0, 0.1) is 17.7 Å². The minimum atomic E-state index is -0.951. The van der Waals surface area contributed by atoms with E-state index in [-0.39, 0.29) is 5.82 Å². The molecular formula is C19H18FN3O2. The van der Waals surface area contributed by atoms with Crippen molar-refractivity contribution in [2.75, 3.05) is 0 Å². The molecule has 6 heteroatoms. The highest BCUT2D eigenvalue weighted by Crippen LogP contribution is 2.07. The lowest BCUT2D eigenvalue weighted by Crippen LogP contribution is -2.53. The fourth-order valence-corrected chi connectivity index (χ4v) is 2.09. The number of carbonyl (C=O) groups excluding carboxylic acids is 2. The molecule has 0 aliphatic rings. The van der Waals surface area contributed by atoms with Crippen molar-refractivity contribution in [2.24, 2.45) is 11.5 Å². The van der Waals surface area contributed by atoms with Crippen LogP contribution in [0.15, 0.2) is 48.5 Å². The number of primary amides is 1. The van der Waals surface area contributed by atoms with Gasteiger partial charge in [-0.3, -0.25) is 9.59 Å². The zero-order chi connectivity index (χ0) is 18.4. The maximum Gasteiger partial charge on any atom is 0.251 e. The second-order valence-electron chi connectivity index (χ2n) is 5.52. The molecule has 0 aliphatic heterocycles. The average Bonchev–Trinajstić information content (AvgIpc) is 2.58. The van der Waals surface area contributed by atoms with Gasteiger partial charge in [-0.2, -0.15) is 0 Å². The molecule has 2 aromatic carbocycles. The lowest BCUT2D eigenvalue weighted by molar-refractivity contribution is -0.120. The molecule has 0 aromatic heterocycles. The van der Waals surface area contributed by atoms with E-state index in [1.807, 2.05) is 0 Å². The van der Waals surface area contributed by atoms with Crippen LogP contribution in [0.5, 0.6) is 0 Å². The van der Waals surface area contributed by atoms with Gasteiger partial charge in [-0.25, -0.2) is 4.39 Å². The Morgan fingerprint density at radius 3 is 2.28 bits per heavy atom. The van der Waals surface area contributed by atoms with E-state index >= 15 is 0 Å². The molecular weight excluding hydrogens is 321 g/mol. The molecule has 5 nitrogen and oxygen atoms in total. The predicted octanol–water partition coefficient (Wildman–Crippen LogP) is 1.16. The van der Waals surface area contributed by atoms with E-state index in [1.54, 1.807) is 49.4 Å². The van der Waals surface area contributed by atoms with Crippen molar-refractivity contribution in [1.29, 1.82) is 0 Å². The number of benzene rings is 2. The van der Waals surface area contributed by atoms with Gasteiger partial charge in [0.25, 0.3) is 5.91 Å². The minimum absolute atomic E-state index is 0.297. The number of nitrogens with two attached hydrogens (primary N) is 2. The first-order chi connectivity index (χ1) is 11.9. The van der Waals surface area contributed by atoms with E-state index in [0.717, 1.165) is 0 Å². The molecule has 2 rings (SSSR count). The van der Waals surface area contributed by atoms with Crippen molar-refractivity contribution in [3.63, 3.8) is 0 Å². The SMILES string of the molecule is CC(N)C(NC(=O)c1ccc(C#Cc2ccccc2F)cc1)C(N)=O. The lowest BCUT2D eigenvalue weighted by Gasteiger charge is -2.18. The van der Waals surface area contributed by atoms with Crippen molar-refractivity contribution in [3.8, 4) is 11.8 Å². The number of hydrogen-bond acceptors (Lipinski definition) is 3. The first kappa shape index (κ1) is 18.2. The number of rotatable bonds is 4. The molecule has 0 bridgehead atoms. The fourth-order valence-electron chi connectivity index (χ4n) is 2.09. The first-order valence-electron chi connectivity index (χ1n) is 7.61. The summed E-state index contributed by atoms with van der Waals surface area (Å²) < 4.78 is 13.5. The van der Waals surface area contributed by atoms with Gasteiger partial charge >= 0.3 is 0 Å². The summed E-state index contributed by atoms with van der Waals surface area (Å²) in [6.45, 7) is 1.58. The van der Waals surface area contributed by atoms with E-state index in [4.69, 9.17) is 11.5 Å². The quantitative estimate of drug-likeness (QED) is 0.729. The van der Waals surface area contributed by atoms with Crippen LogP contribution in [-0.4, -0.2) is 23.9 Å². The van der Waals surface area contributed by atoms with E-state index < -0.39 is 23.9 Å². The number of carbonyl (C=O) groups is 2. The van der Waals surface area contributed by atoms with Crippen molar-refractivity contribution >= 4 is 11.8 Å². The summed E-state index contributed by atoms with van der Waals surface area (Å²) >= 11 is 0. The third-order valence-electron chi connectivity index (χ3n) is 3.48. The van der Waals surface area contributed by atoms with Crippen molar-refractivity contribution in [2.45, 2.75) is 19.0 Å². The van der Waals surface area contributed by atoms with Crippen LogP contribution >= 0.6 is 0 Å². The van der Waals surface area contributed by atoms with Gasteiger partial charge in [0.15, 0.2) is 0 Å². The van der Waals surface area contributed by atoms with Gasteiger partial charge in [-0.15, -0.1) is 0 Å². The zero-order valence-corrected chi connectivity index (χ0v) is 13.6. The topological polar surface area (TPSA) is 98.2 Å². The summed E-state index contributed by atoms with van der Waals surface area (Å²) in [7, 11) is 0. The maximum atomic E-state index is 13.5. The lowest BCUT2D eigenvalue weighted by atomic mass is 10.1. The highest BCUT2D eigenvalue weighted by Gasteiger charge is 2.22. The third-order valence-corrected chi connectivity index (χ3v) is 3.48. The van der Waals surface area contributed by atoms with E-state index in [0.29, 0.717) is 16.7 Å². The molecule has 25 heavy (non-hydrogen) atoms. The van der Waals surface area contributed by atoms with Gasteiger partial charge in [-0.1, -0.05) is 24.0 Å². The Bertz CT molecular complexity index is 836. The van der Waals surface area contributed by atoms with Gasteiger partial charge in [0, 0.05) is 17.2 Å². The summed E-state index contributed by atoms with van der Waals surface area (Å²) in [4.78, 5) is 23.4. The standard InChI is InChI=1S/C19H18FN3O2/c1-12(21)17(18(22)24)23-19(25)15-10-7-13(8-11-15)6-9-14-4-2-3-5-16(14)20/h2-5,7-8,10-12,17H,21H2,1H3,(H2,22,24)(H,23,25). The molecule has 0 spiro atoms. The van der Waals surface area contributed by atoms with Crippen LogP contribution in [-0.2, 0) is 4.79 Å². The first-order valence-corrected chi connectivity index (χ1v) is 7.61. The molecule has 2 amide bonds. The van der Waals surface area contributed by atoms with Gasteiger partial charge in [0.1, 0.15) is 11.9 Å². The molecule has 2 unspecified atom stereocenters. The number of hydrogen-bond donors (Lipinski definition) is 3. The molecule has 0 saturated carbocycles. The fraction of sp³-hybridized carbons (Fsp3) is 0.158. The second-order valence-corrected chi connectivity index (χ2v) is 5.52. The van der Waals surface area contributed by atoms with E-state index in [2.05, 4.69) is 17.2 Å². The Balaban J connectivity index is 2.11. The molecule has 0 aliphatic carbocycles. The average molecular weight is 339 g/mol. The monoisotopic (exact) mass is 339 g/mol. The Morgan fingerprint density at radius 2 is 1.72 bits per heavy atom. The molecule has 0 fully saturated rings. The van der Waals surface area contributed by atoms with Crippen molar-refractivity contribution < 1.29 is 14.0 Å². The summed E-state index contributed by atoms with van der Waals surface area (Å²) in [6, 6.07) is 11.0. The van der Waals surface area contributed by atoms with Gasteiger partial charge in [0.2, 0.25) is 5.91 Å². The van der Waals surface area contributed by atoms with Crippen molar-refractivity contribution in [1.82, 2.24) is 5.32 Å². The summed E-state index contributed by atoms with van der Waals surface area (Å²) in [5.74, 6) is 4.01.